The second kappa shape index (κ2) is 9.62. The van der Waals surface area contributed by atoms with Crippen molar-refractivity contribution in [2.75, 3.05) is 16.0 Å². The number of carbonyl (C=O) groups excluding carboxylic acids is 2. The summed E-state index contributed by atoms with van der Waals surface area (Å²) in [6.45, 7) is 5.90. The summed E-state index contributed by atoms with van der Waals surface area (Å²) in [4.78, 5) is 28.3. The van der Waals surface area contributed by atoms with Gasteiger partial charge in [-0.1, -0.05) is 32.0 Å². The van der Waals surface area contributed by atoms with Crippen LogP contribution in [0, 0.1) is 11.7 Å². The lowest BCUT2D eigenvalue weighted by molar-refractivity contribution is -0.117. The molecule has 0 atom stereocenters. The Labute approximate surface area is 197 Å². The quantitative estimate of drug-likeness (QED) is 0.440. The first-order valence-corrected chi connectivity index (χ1v) is 11.3. The molecule has 2 heterocycles. The Morgan fingerprint density at radius 2 is 1.74 bits per heavy atom. The van der Waals surface area contributed by atoms with Crippen LogP contribution in [0.3, 0.4) is 0 Å². The molecule has 1 saturated carbocycles. The van der Waals surface area contributed by atoms with Crippen LogP contribution in [0.2, 0.25) is 0 Å². The number of carbonyl (C=O) groups is 2. The minimum atomic E-state index is -0.613. The molecule has 3 amide bonds. The largest absolute Gasteiger partial charge is 0.359 e. The third kappa shape index (κ3) is 6.18. The molecule has 0 saturated heterocycles. The van der Waals surface area contributed by atoms with E-state index >= 15 is 0 Å². The van der Waals surface area contributed by atoms with Crippen LogP contribution >= 0.6 is 0 Å². The maximum atomic E-state index is 14.6. The summed E-state index contributed by atoms with van der Waals surface area (Å²) >= 11 is 0. The third-order valence-electron chi connectivity index (χ3n) is 5.50. The maximum Gasteiger partial charge on any atom is 0.325 e. The fourth-order valence-electron chi connectivity index (χ4n) is 3.33. The number of rotatable bonds is 7. The van der Waals surface area contributed by atoms with Crippen molar-refractivity contribution in [1.82, 2.24) is 10.1 Å². The number of hydrogen-bond donors (Lipinski definition) is 3. The molecule has 3 aromatic rings. The van der Waals surface area contributed by atoms with Crippen LogP contribution in [-0.4, -0.2) is 22.1 Å². The highest BCUT2D eigenvalue weighted by atomic mass is 19.1. The topological polar surface area (TPSA) is 109 Å². The smallest absolute Gasteiger partial charge is 0.325 e. The zero-order valence-electron chi connectivity index (χ0n) is 19.4. The molecule has 0 unspecified atom stereocenters. The average molecular weight is 466 g/mol. The van der Waals surface area contributed by atoms with Gasteiger partial charge in [0, 0.05) is 23.6 Å². The van der Waals surface area contributed by atoms with E-state index in [0.29, 0.717) is 24.4 Å². The highest BCUT2D eigenvalue weighted by molar-refractivity contribution is 5.99. The van der Waals surface area contributed by atoms with Gasteiger partial charge in [0.15, 0.2) is 5.82 Å². The van der Waals surface area contributed by atoms with Crippen molar-refractivity contribution in [2.24, 2.45) is 5.92 Å². The molecule has 3 N–H and O–H groups in total. The lowest BCUT2D eigenvalue weighted by atomic mass is 9.93. The van der Waals surface area contributed by atoms with Crippen molar-refractivity contribution in [2.45, 2.75) is 51.9 Å². The van der Waals surface area contributed by atoms with E-state index in [0.717, 1.165) is 24.0 Å². The molecule has 0 radical (unpaired) electrons. The molecular weight excluding hydrogens is 437 g/mol. The Morgan fingerprint density at radius 3 is 2.38 bits per heavy atom. The first kappa shape index (κ1) is 23.4. The van der Waals surface area contributed by atoms with Crippen LogP contribution in [-0.2, 0) is 23.1 Å². The molecule has 1 aromatic carbocycles. The third-order valence-corrected chi connectivity index (χ3v) is 5.50. The van der Waals surface area contributed by atoms with Gasteiger partial charge in [0.25, 0.3) is 0 Å². The number of aryl methyl sites for hydroxylation is 2. The van der Waals surface area contributed by atoms with Gasteiger partial charge in [0.2, 0.25) is 5.91 Å². The number of urea groups is 1. The van der Waals surface area contributed by atoms with E-state index in [1.165, 1.54) is 12.1 Å². The van der Waals surface area contributed by atoms with Crippen LogP contribution in [0.5, 0.6) is 0 Å². The van der Waals surface area contributed by atoms with E-state index in [-0.39, 0.29) is 28.7 Å². The summed E-state index contributed by atoms with van der Waals surface area (Å²) in [7, 11) is 0. The van der Waals surface area contributed by atoms with E-state index in [9.17, 15) is 14.0 Å². The van der Waals surface area contributed by atoms with Crippen LogP contribution in [0.15, 0.2) is 47.1 Å². The normalized spacial score (nSPS) is 13.4. The Bertz CT molecular complexity index is 1200. The second-order valence-electron chi connectivity index (χ2n) is 9.53. The van der Waals surface area contributed by atoms with Crippen molar-refractivity contribution in [3.63, 3.8) is 0 Å². The van der Waals surface area contributed by atoms with Crippen LogP contribution in [0.4, 0.5) is 26.5 Å². The molecule has 34 heavy (non-hydrogen) atoms. The number of aromatic nitrogens is 2. The molecule has 1 aliphatic rings. The molecule has 9 heteroatoms. The lowest BCUT2D eigenvalue weighted by Gasteiger charge is -2.12. The number of benzene rings is 1. The monoisotopic (exact) mass is 465 g/mol. The number of amides is 3. The lowest BCUT2D eigenvalue weighted by Crippen LogP contribution is -2.20. The van der Waals surface area contributed by atoms with Crippen molar-refractivity contribution < 1.29 is 18.5 Å². The predicted molar refractivity (Wildman–Crippen MR) is 127 cm³/mol. The number of halogens is 1. The van der Waals surface area contributed by atoms with Crippen LogP contribution in [0.25, 0.3) is 0 Å². The molecule has 8 nitrogen and oxygen atoms in total. The fourth-order valence-corrected chi connectivity index (χ4v) is 3.33. The van der Waals surface area contributed by atoms with Crippen molar-refractivity contribution in [3.8, 4) is 0 Å². The van der Waals surface area contributed by atoms with E-state index in [1.807, 2.05) is 32.9 Å². The standard InChI is InChI=1S/C25H28FN5O3/c1-25(2,3)20-14-22(31-34-20)30-24(33)28-19-9-6-15(12-18(19)26)4-5-16-10-11-27-21(13-16)29-23(32)17-7-8-17/h6,9-14,17H,4-5,7-8H2,1-3H3,(H,27,29,32)(H2,28,30,31,33). The maximum absolute atomic E-state index is 14.6. The van der Waals surface area contributed by atoms with Crippen LogP contribution in [0.1, 0.15) is 50.5 Å². The van der Waals surface area contributed by atoms with Gasteiger partial charge in [-0.05, 0) is 61.1 Å². The first-order valence-electron chi connectivity index (χ1n) is 11.3. The predicted octanol–water partition coefficient (Wildman–Crippen LogP) is 5.28. The Balaban J connectivity index is 1.31. The SMILES string of the molecule is CC(C)(C)c1cc(NC(=O)Nc2ccc(CCc3ccnc(NC(=O)C4CC4)c3)cc2F)no1. The number of anilines is 3. The number of hydrogen-bond acceptors (Lipinski definition) is 5. The average Bonchev–Trinajstić information content (AvgIpc) is 3.52. The van der Waals surface area contributed by atoms with Gasteiger partial charge in [-0.3, -0.25) is 10.1 Å². The summed E-state index contributed by atoms with van der Waals surface area (Å²) < 4.78 is 19.8. The van der Waals surface area contributed by atoms with E-state index in [1.54, 1.807) is 18.3 Å². The van der Waals surface area contributed by atoms with Gasteiger partial charge >= 0.3 is 6.03 Å². The minimum absolute atomic E-state index is 0.0111. The molecule has 0 aliphatic heterocycles. The van der Waals surface area contributed by atoms with Gasteiger partial charge < -0.3 is 15.2 Å². The number of pyridine rings is 1. The van der Waals surface area contributed by atoms with Gasteiger partial charge in [0.05, 0.1) is 5.69 Å². The Kier molecular flexibility index (Phi) is 6.63. The first-order chi connectivity index (χ1) is 16.2. The molecule has 2 aromatic heterocycles. The summed E-state index contributed by atoms with van der Waals surface area (Å²) in [5.41, 5.74) is 1.60. The van der Waals surface area contributed by atoms with Crippen molar-refractivity contribution in [1.29, 1.82) is 0 Å². The molecule has 178 valence electrons. The summed E-state index contributed by atoms with van der Waals surface area (Å²) in [6, 6.07) is 9.44. The highest BCUT2D eigenvalue weighted by Crippen LogP contribution is 2.30. The molecule has 4 rings (SSSR count). The van der Waals surface area contributed by atoms with Crippen LogP contribution < -0.4 is 16.0 Å². The number of nitrogens with one attached hydrogen (secondary N) is 3. The molecule has 1 fully saturated rings. The molecule has 1 aliphatic carbocycles. The molecule has 0 bridgehead atoms. The second-order valence-corrected chi connectivity index (χ2v) is 9.53. The Hall–Kier alpha value is -3.75. The Morgan fingerprint density at radius 1 is 1.00 bits per heavy atom. The van der Waals surface area contributed by atoms with Gasteiger partial charge in [0.1, 0.15) is 17.4 Å². The highest BCUT2D eigenvalue weighted by Gasteiger charge is 2.29. The van der Waals surface area contributed by atoms with E-state index in [4.69, 9.17) is 4.52 Å². The zero-order valence-corrected chi connectivity index (χ0v) is 19.4. The summed E-state index contributed by atoms with van der Waals surface area (Å²) in [5.74, 6) is 1.01. The van der Waals surface area contributed by atoms with Crippen molar-refractivity contribution in [3.05, 3.63) is 65.3 Å². The van der Waals surface area contributed by atoms with Gasteiger partial charge in [-0.25, -0.2) is 14.2 Å². The fraction of sp³-hybridized carbons (Fsp3) is 0.360. The zero-order chi connectivity index (χ0) is 24.3. The summed E-state index contributed by atoms with van der Waals surface area (Å²) in [6.07, 6.45) is 4.77. The number of nitrogens with zero attached hydrogens (tertiary/aromatic N) is 2. The van der Waals surface area contributed by atoms with E-state index < -0.39 is 11.8 Å². The van der Waals surface area contributed by atoms with Crippen molar-refractivity contribution >= 4 is 29.3 Å². The minimum Gasteiger partial charge on any atom is -0.359 e. The molecular formula is C25H28FN5O3. The van der Waals surface area contributed by atoms with E-state index in [2.05, 4.69) is 26.1 Å². The van der Waals surface area contributed by atoms with Gasteiger partial charge in [-0.15, -0.1) is 0 Å². The molecule has 0 spiro atoms. The summed E-state index contributed by atoms with van der Waals surface area (Å²) in [5, 5.41) is 11.7. The van der Waals surface area contributed by atoms with Gasteiger partial charge in [-0.2, -0.15) is 0 Å².